The number of hydrogen-bond acceptors (Lipinski definition) is 7. The molecule has 1 aliphatic carbocycles. The molecule has 0 aromatic carbocycles. The van der Waals surface area contributed by atoms with Crippen LogP contribution in [-0.2, 0) is 10.2 Å². The van der Waals surface area contributed by atoms with Crippen LogP contribution in [0.15, 0.2) is 24.4 Å². The topological polar surface area (TPSA) is 132 Å². The van der Waals surface area contributed by atoms with Crippen molar-refractivity contribution in [3.05, 3.63) is 30.1 Å². The number of H-pyrrole nitrogens is 1. The summed E-state index contributed by atoms with van der Waals surface area (Å²) in [5.74, 6) is 0.420. The van der Waals surface area contributed by atoms with E-state index in [0.717, 1.165) is 24.1 Å². The van der Waals surface area contributed by atoms with Gasteiger partial charge in [-0.1, -0.05) is 6.92 Å². The zero-order chi connectivity index (χ0) is 19.5. The molecule has 1 saturated carbocycles. The second kappa shape index (κ2) is 5.93. The van der Waals surface area contributed by atoms with Crippen molar-refractivity contribution in [2.75, 3.05) is 16.8 Å². The fourth-order valence-corrected chi connectivity index (χ4v) is 3.68. The number of carboxylic acids is 1. The number of carbonyl (C=O) groups is 1. The van der Waals surface area contributed by atoms with Gasteiger partial charge in [-0.3, -0.25) is 5.10 Å². The van der Waals surface area contributed by atoms with Crippen LogP contribution >= 0.6 is 0 Å². The van der Waals surface area contributed by atoms with Gasteiger partial charge in [0.2, 0.25) is 5.95 Å². The first-order valence-corrected chi connectivity index (χ1v) is 9.29. The molecule has 0 radical (unpaired) electrons. The molecule has 3 aromatic heterocycles. The van der Waals surface area contributed by atoms with E-state index in [0.29, 0.717) is 11.6 Å². The number of aromatic amines is 1. The molecule has 3 aromatic rings. The van der Waals surface area contributed by atoms with Gasteiger partial charge in [-0.05, 0) is 25.0 Å². The lowest BCUT2D eigenvalue weighted by Crippen LogP contribution is -2.37. The lowest BCUT2D eigenvalue weighted by atomic mass is 10.1. The Bertz CT molecular complexity index is 1050. The van der Waals surface area contributed by atoms with Crippen molar-refractivity contribution in [1.82, 2.24) is 24.8 Å². The fourth-order valence-electron chi connectivity index (χ4n) is 3.68. The SMILES string of the molecule is CC1(c2cc(Nc3nc(N4C[C@@H](O)C[C@H]4C(=O)O)nn4cccc34)n[nH]2)CC1. The van der Waals surface area contributed by atoms with Gasteiger partial charge in [0.25, 0.3) is 0 Å². The molecule has 4 N–H and O–H groups in total. The van der Waals surface area contributed by atoms with E-state index >= 15 is 0 Å². The summed E-state index contributed by atoms with van der Waals surface area (Å²) >= 11 is 0. The summed E-state index contributed by atoms with van der Waals surface area (Å²) in [5.41, 5.74) is 2.01. The Balaban J connectivity index is 1.51. The molecule has 0 unspecified atom stereocenters. The van der Waals surface area contributed by atoms with E-state index in [1.807, 2.05) is 18.2 Å². The van der Waals surface area contributed by atoms with Gasteiger partial charge in [0, 0.05) is 36.3 Å². The van der Waals surface area contributed by atoms with Gasteiger partial charge in [-0.15, -0.1) is 5.10 Å². The molecule has 1 aliphatic heterocycles. The molecular formula is C18H21N7O3. The van der Waals surface area contributed by atoms with Crippen molar-refractivity contribution < 1.29 is 15.0 Å². The summed E-state index contributed by atoms with van der Waals surface area (Å²) < 4.78 is 1.64. The van der Waals surface area contributed by atoms with Gasteiger partial charge < -0.3 is 20.4 Å². The van der Waals surface area contributed by atoms with Gasteiger partial charge in [0.15, 0.2) is 11.6 Å². The summed E-state index contributed by atoms with van der Waals surface area (Å²) in [7, 11) is 0. The molecule has 10 nitrogen and oxygen atoms in total. The normalized spacial score (nSPS) is 23.3. The summed E-state index contributed by atoms with van der Waals surface area (Å²) in [6, 6.07) is 4.83. The molecule has 10 heteroatoms. The van der Waals surface area contributed by atoms with E-state index in [1.54, 1.807) is 10.7 Å². The second-order valence-corrected chi connectivity index (χ2v) is 7.85. The minimum absolute atomic E-state index is 0.145. The number of anilines is 3. The number of nitrogens with zero attached hydrogens (tertiary/aromatic N) is 5. The Morgan fingerprint density at radius 1 is 1.43 bits per heavy atom. The molecule has 2 aliphatic rings. The Labute approximate surface area is 160 Å². The van der Waals surface area contributed by atoms with Crippen LogP contribution in [0.5, 0.6) is 0 Å². The number of hydrogen-bond donors (Lipinski definition) is 4. The number of aromatic nitrogens is 5. The Morgan fingerprint density at radius 2 is 2.25 bits per heavy atom. The van der Waals surface area contributed by atoms with Crippen LogP contribution in [0.3, 0.4) is 0 Å². The highest BCUT2D eigenvalue weighted by Gasteiger charge is 2.41. The number of aliphatic hydroxyl groups is 1. The van der Waals surface area contributed by atoms with E-state index in [2.05, 4.69) is 32.5 Å². The average Bonchev–Trinajstić information content (AvgIpc) is 3.08. The lowest BCUT2D eigenvalue weighted by molar-refractivity contribution is -0.138. The van der Waals surface area contributed by atoms with E-state index in [1.165, 1.54) is 4.90 Å². The highest BCUT2D eigenvalue weighted by atomic mass is 16.4. The van der Waals surface area contributed by atoms with Crippen molar-refractivity contribution in [1.29, 1.82) is 0 Å². The molecule has 2 fully saturated rings. The first-order valence-electron chi connectivity index (χ1n) is 9.29. The van der Waals surface area contributed by atoms with E-state index < -0.39 is 18.1 Å². The van der Waals surface area contributed by atoms with Crippen molar-refractivity contribution in [2.24, 2.45) is 0 Å². The van der Waals surface area contributed by atoms with Crippen LogP contribution in [0.25, 0.3) is 5.52 Å². The van der Waals surface area contributed by atoms with Crippen LogP contribution in [0.2, 0.25) is 0 Å². The molecule has 0 spiro atoms. The van der Waals surface area contributed by atoms with Gasteiger partial charge >= 0.3 is 5.97 Å². The monoisotopic (exact) mass is 383 g/mol. The second-order valence-electron chi connectivity index (χ2n) is 7.85. The van der Waals surface area contributed by atoms with Gasteiger partial charge in [0.05, 0.1) is 6.10 Å². The maximum atomic E-state index is 11.6. The van der Waals surface area contributed by atoms with Crippen molar-refractivity contribution in [2.45, 2.75) is 43.7 Å². The maximum absolute atomic E-state index is 11.6. The molecule has 2 atom stereocenters. The van der Waals surface area contributed by atoms with E-state index in [4.69, 9.17) is 0 Å². The third-order valence-electron chi connectivity index (χ3n) is 5.68. The lowest BCUT2D eigenvalue weighted by Gasteiger charge is -2.21. The van der Waals surface area contributed by atoms with Crippen LogP contribution in [0, 0.1) is 0 Å². The zero-order valence-electron chi connectivity index (χ0n) is 15.3. The summed E-state index contributed by atoms with van der Waals surface area (Å²) in [4.78, 5) is 17.7. The highest BCUT2D eigenvalue weighted by Crippen LogP contribution is 2.47. The Kier molecular flexibility index (Phi) is 3.60. The van der Waals surface area contributed by atoms with Gasteiger partial charge in [-0.25, -0.2) is 9.31 Å². The minimum Gasteiger partial charge on any atom is -0.480 e. The quantitative estimate of drug-likeness (QED) is 0.518. The molecule has 0 amide bonds. The third kappa shape index (κ3) is 2.76. The molecule has 4 heterocycles. The smallest absolute Gasteiger partial charge is 0.326 e. The number of nitrogens with one attached hydrogen (secondary N) is 2. The van der Waals surface area contributed by atoms with Gasteiger partial charge in [-0.2, -0.15) is 10.1 Å². The number of aliphatic carboxylic acids is 1. The molecule has 0 bridgehead atoms. The van der Waals surface area contributed by atoms with Crippen LogP contribution < -0.4 is 10.2 Å². The van der Waals surface area contributed by atoms with Crippen LogP contribution in [-0.4, -0.2) is 59.7 Å². The maximum Gasteiger partial charge on any atom is 0.326 e. The summed E-state index contributed by atoms with van der Waals surface area (Å²) in [5, 5.41) is 34.5. The molecule has 146 valence electrons. The highest BCUT2D eigenvalue weighted by molar-refractivity contribution is 5.79. The molecule has 5 rings (SSSR count). The molecule has 1 saturated heterocycles. The number of fused-ring (bicyclic) bond motifs is 1. The van der Waals surface area contributed by atoms with E-state index in [9.17, 15) is 15.0 Å². The fraction of sp³-hybridized carbons (Fsp3) is 0.444. The predicted molar refractivity (Wildman–Crippen MR) is 101 cm³/mol. The minimum atomic E-state index is -1.00. The number of carboxylic acid groups (broad SMARTS) is 1. The van der Waals surface area contributed by atoms with Crippen LogP contribution in [0.1, 0.15) is 31.9 Å². The molecular weight excluding hydrogens is 362 g/mol. The summed E-state index contributed by atoms with van der Waals surface area (Å²) in [6.07, 6.45) is 3.48. The predicted octanol–water partition coefficient (Wildman–Crippen LogP) is 1.27. The zero-order valence-corrected chi connectivity index (χ0v) is 15.3. The number of β-amino-alcohol motifs (C(OH)–C–C–N with tert-alkyl or cyclic N) is 1. The number of aliphatic hydroxyl groups excluding tert-OH is 1. The Morgan fingerprint density at radius 3 is 3.00 bits per heavy atom. The van der Waals surface area contributed by atoms with E-state index in [-0.39, 0.29) is 24.3 Å². The third-order valence-corrected chi connectivity index (χ3v) is 5.68. The largest absolute Gasteiger partial charge is 0.480 e. The first-order chi connectivity index (χ1) is 13.4. The average molecular weight is 383 g/mol. The number of rotatable bonds is 5. The van der Waals surface area contributed by atoms with Crippen molar-refractivity contribution in [3.8, 4) is 0 Å². The van der Waals surface area contributed by atoms with Crippen molar-refractivity contribution >= 4 is 29.1 Å². The Hall–Kier alpha value is -3.14. The van der Waals surface area contributed by atoms with Crippen LogP contribution in [0.4, 0.5) is 17.6 Å². The standard InChI is InChI=1S/C18H21N7O3/c1-18(4-5-18)13-8-14(22-21-13)19-15-11-3-2-6-25(11)23-17(20-15)24-9-10(26)7-12(24)16(27)28/h2-3,6,8,10,12,26H,4-5,7,9H2,1H3,(H,27,28)(H2,19,20,21,22,23)/t10-,12-/m0/s1. The van der Waals surface area contributed by atoms with Crippen molar-refractivity contribution in [3.63, 3.8) is 0 Å². The van der Waals surface area contributed by atoms with Gasteiger partial charge in [0.1, 0.15) is 11.6 Å². The summed E-state index contributed by atoms with van der Waals surface area (Å²) in [6.45, 7) is 2.37. The molecule has 28 heavy (non-hydrogen) atoms. The first kappa shape index (κ1) is 17.0.